The molecule has 0 aliphatic carbocycles. The number of carbonyl (C=O) groups is 2. The Bertz CT molecular complexity index is 857. The first kappa shape index (κ1) is 19.7. The third-order valence-electron chi connectivity index (χ3n) is 5.10. The lowest BCUT2D eigenvalue weighted by atomic mass is 9.98. The van der Waals surface area contributed by atoms with Gasteiger partial charge in [0.25, 0.3) is 11.8 Å². The second-order valence-electron chi connectivity index (χ2n) is 7.08. The maximum Gasteiger partial charge on any atom is 0.255 e. The molecule has 1 N–H and O–H groups in total. The van der Waals surface area contributed by atoms with E-state index < -0.39 is 0 Å². The van der Waals surface area contributed by atoms with E-state index in [9.17, 15) is 9.59 Å². The van der Waals surface area contributed by atoms with Crippen molar-refractivity contribution in [2.24, 2.45) is 5.92 Å². The summed E-state index contributed by atoms with van der Waals surface area (Å²) >= 11 is 0. The molecule has 1 heterocycles. The fraction of sp³-hybridized carbons (Fsp3) is 0.364. The molecule has 0 saturated carbocycles. The quantitative estimate of drug-likeness (QED) is 0.853. The van der Waals surface area contributed by atoms with Crippen LogP contribution in [0, 0.1) is 5.92 Å². The smallest absolute Gasteiger partial charge is 0.255 e. The van der Waals surface area contributed by atoms with Gasteiger partial charge in [-0.2, -0.15) is 0 Å². The molecule has 6 nitrogen and oxygen atoms in total. The van der Waals surface area contributed by atoms with Gasteiger partial charge in [0.2, 0.25) is 0 Å². The zero-order valence-corrected chi connectivity index (χ0v) is 16.5. The summed E-state index contributed by atoms with van der Waals surface area (Å²) in [7, 11) is 3.10. The molecule has 1 aliphatic rings. The number of benzene rings is 2. The van der Waals surface area contributed by atoms with Crippen LogP contribution >= 0.6 is 0 Å². The standard InChI is InChI=1S/C22H26N2O4/c1-15-9-11-24(12-10-15)22(26)17-6-4-5-16(13-17)21(25)23-19-14-18(27-2)7-8-20(19)28-3/h4-8,13-15H,9-12H2,1-3H3,(H,23,25). The van der Waals surface area contributed by atoms with Crippen molar-refractivity contribution in [3.8, 4) is 11.5 Å². The van der Waals surface area contributed by atoms with E-state index in [1.165, 1.54) is 7.11 Å². The lowest BCUT2D eigenvalue weighted by molar-refractivity contribution is 0.0697. The summed E-state index contributed by atoms with van der Waals surface area (Å²) < 4.78 is 10.5. The fourth-order valence-electron chi connectivity index (χ4n) is 3.29. The summed E-state index contributed by atoms with van der Waals surface area (Å²) in [6.07, 6.45) is 2.03. The van der Waals surface area contributed by atoms with Gasteiger partial charge in [0.1, 0.15) is 11.5 Å². The van der Waals surface area contributed by atoms with Crippen molar-refractivity contribution in [1.82, 2.24) is 4.90 Å². The molecule has 1 aliphatic heterocycles. The number of nitrogens with zero attached hydrogens (tertiary/aromatic N) is 1. The summed E-state index contributed by atoms with van der Waals surface area (Å²) in [6, 6.07) is 12.0. The van der Waals surface area contributed by atoms with Gasteiger partial charge in [-0.3, -0.25) is 9.59 Å². The highest BCUT2D eigenvalue weighted by Crippen LogP contribution is 2.29. The molecular weight excluding hydrogens is 356 g/mol. The van der Waals surface area contributed by atoms with Crippen LogP contribution in [0.4, 0.5) is 5.69 Å². The second kappa shape index (κ2) is 8.78. The number of ether oxygens (including phenoxy) is 2. The number of methoxy groups -OCH3 is 2. The summed E-state index contributed by atoms with van der Waals surface area (Å²) in [6.45, 7) is 3.73. The molecule has 0 radical (unpaired) electrons. The molecule has 0 bridgehead atoms. The highest BCUT2D eigenvalue weighted by molar-refractivity contribution is 6.06. The van der Waals surface area contributed by atoms with Crippen molar-refractivity contribution in [2.45, 2.75) is 19.8 Å². The van der Waals surface area contributed by atoms with Crippen LogP contribution in [0.3, 0.4) is 0 Å². The Morgan fingerprint density at radius 3 is 2.39 bits per heavy atom. The number of rotatable bonds is 5. The van der Waals surface area contributed by atoms with Crippen molar-refractivity contribution in [3.05, 3.63) is 53.6 Å². The van der Waals surface area contributed by atoms with E-state index in [1.807, 2.05) is 4.90 Å². The number of hydrogen-bond donors (Lipinski definition) is 1. The van der Waals surface area contributed by atoms with Crippen LogP contribution in [-0.4, -0.2) is 44.0 Å². The van der Waals surface area contributed by atoms with Crippen molar-refractivity contribution in [1.29, 1.82) is 0 Å². The number of piperidine rings is 1. The summed E-state index contributed by atoms with van der Waals surface area (Å²) in [5.41, 5.74) is 1.45. The first-order chi connectivity index (χ1) is 13.5. The minimum absolute atomic E-state index is 0.0273. The van der Waals surface area contributed by atoms with E-state index in [4.69, 9.17) is 9.47 Å². The van der Waals surface area contributed by atoms with E-state index in [1.54, 1.807) is 49.6 Å². The Balaban J connectivity index is 1.76. The molecule has 6 heteroatoms. The summed E-state index contributed by atoms with van der Waals surface area (Å²) in [5, 5.41) is 2.84. The van der Waals surface area contributed by atoms with Crippen molar-refractivity contribution >= 4 is 17.5 Å². The van der Waals surface area contributed by atoms with Crippen LogP contribution in [0.15, 0.2) is 42.5 Å². The number of nitrogens with one attached hydrogen (secondary N) is 1. The zero-order valence-electron chi connectivity index (χ0n) is 16.5. The number of anilines is 1. The van der Waals surface area contributed by atoms with Gasteiger partial charge in [0, 0.05) is 30.3 Å². The van der Waals surface area contributed by atoms with E-state index in [-0.39, 0.29) is 11.8 Å². The maximum absolute atomic E-state index is 12.8. The Hall–Kier alpha value is -3.02. The SMILES string of the molecule is COc1ccc(OC)c(NC(=O)c2cccc(C(=O)N3CCC(C)CC3)c2)c1. The van der Waals surface area contributed by atoms with Crippen molar-refractivity contribution < 1.29 is 19.1 Å². The van der Waals surface area contributed by atoms with Gasteiger partial charge in [-0.1, -0.05) is 13.0 Å². The molecule has 2 aromatic carbocycles. The first-order valence-electron chi connectivity index (χ1n) is 9.44. The molecule has 0 atom stereocenters. The van der Waals surface area contributed by atoms with E-state index in [0.29, 0.717) is 34.2 Å². The van der Waals surface area contributed by atoms with Gasteiger partial charge in [-0.05, 0) is 49.1 Å². The Labute approximate surface area is 165 Å². The van der Waals surface area contributed by atoms with Crippen LogP contribution in [-0.2, 0) is 0 Å². The van der Waals surface area contributed by atoms with Crippen LogP contribution in [0.25, 0.3) is 0 Å². The maximum atomic E-state index is 12.8. The lowest BCUT2D eigenvalue weighted by Gasteiger charge is -2.30. The predicted octanol–water partition coefficient (Wildman–Crippen LogP) is 3.83. The minimum atomic E-state index is -0.312. The van der Waals surface area contributed by atoms with Crippen molar-refractivity contribution in [2.75, 3.05) is 32.6 Å². The summed E-state index contributed by atoms with van der Waals surface area (Å²) in [5.74, 6) is 1.45. The molecule has 0 unspecified atom stereocenters. The Morgan fingerprint density at radius 1 is 1.00 bits per heavy atom. The Morgan fingerprint density at radius 2 is 1.71 bits per heavy atom. The van der Waals surface area contributed by atoms with Gasteiger partial charge < -0.3 is 19.7 Å². The molecule has 2 aromatic rings. The molecule has 148 valence electrons. The van der Waals surface area contributed by atoms with Crippen LogP contribution < -0.4 is 14.8 Å². The average Bonchev–Trinajstić information content (AvgIpc) is 2.73. The molecule has 1 fully saturated rings. The number of amides is 2. The van der Waals surface area contributed by atoms with E-state index in [2.05, 4.69) is 12.2 Å². The molecule has 1 saturated heterocycles. The summed E-state index contributed by atoms with van der Waals surface area (Å²) in [4.78, 5) is 27.4. The molecule has 0 aromatic heterocycles. The van der Waals surface area contributed by atoms with E-state index in [0.717, 1.165) is 25.9 Å². The lowest BCUT2D eigenvalue weighted by Crippen LogP contribution is -2.38. The number of hydrogen-bond acceptors (Lipinski definition) is 4. The first-order valence-corrected chi connectivity index (χ1v) is 9.44. The Kier molecular flexibility index (Phi) is 6.19. The van der Waals surface area contributed by atoms with Crippen LogP contribution in [0.2, 0.25) is 0 Å². The van der Waals surface area contributed by atoms with Crippen LogP contribution in [0.1, 0.15) is 40.5 Å². The molecular formula is C22H26N2O4. The normalized spacial score (nSPS) is 14.5. The second-order valence-corrected chi connectivity index (χ2v) is 7.08. The van der Waals surface area contributed by atoms with E-state index >= 15 is 0 Å². The zero-order chi connectivity index (χ0) is 20.1. The topological polar surface area (TPSA) is 67.9 Å². The molecule has 0 spiro atoms. The van der Waals surface area contributed by atoms with Gasteiger partial charge in [0.15, 0.2) is 0 Å². The number of carbonyl (C=O) groups excluding carboxylic acids is 2. The highest BCUT2D eigenvalue weighted by atomic mass is 16.5. The van der Waals surface area contributed by atoms with Crippen molar-refractivity contribution in [3.63, 3.8) is 0 Å². The minimum Gasteiger partial charge on any atom is -0.497 e. The number of likely N-dealkylation sites (tertiary alicyclic amines) is 1. The molecule has 3 rings (SSSR count). The van der Waals surface area contributed by atoms with Crippen LogP contribution in [0.5, 0.6) is 11.5 Å². The fourth-order valence-corrected chi connectivity index (χ4v) is 3.29. The highest BCUT2D eigenvalue weighted by Gasteiger charge is 2.22. The largest absolute Gasteiger partial charge is 0.497 e. The van der Waals surface area contributed by atoms with Gasteiger partial charge >= 0.3 is 0 Å². The van der Waals surface area contributed by atoms with Gasteiger partial charge in [-0.15, -0.1) is 0 Å². The van der Waals surface area contributed by atoms with Gasteiger partial charge in [0.05, 0.1) is 19.9 Å². The predicted molar refractivity (Wildman–Crippen MR) is 108 cm³/mol. The monoisotopic (exact) mass is 382 g/mol. The molecule has 2 amide bonds. The third kappa shape index (κ3) is 4.44. The van der Waals surface area contributed by atoms with Gasteiger partial charge in [-0.25, -0.2) is 0 Å². The third-order valence-corrected chi connectivity index (χ3v) is 5.10. The molecule has 28 heavy (non-hydrogen) atoms. The average molecular weight is 382 g/mol.